The van der Waals surface area contributed by atoms with E-state index in [1.165, 1.54) is 11.1 Å². The van der Waals surface area contributed by atoms with Crippen molar-refractivity contribution in [1.82, 2.24) is 10.2 Å². The minimum absolute atomic E-state index is 0.0459. The molecule has 1 N–H and O–H groups in total. The fourth-order valence-corrected chi connectivity index (χ4v) is 4.43. The Morgan fingerprint density at radius 1 is 1.10 bits per heavy atom. The summed E-state index contributed by atoms with van der Waals surface area (Å²) in [5, 5.41) is 3.13. The van der Waals surface area contributed by atoms with Crippen molar-refractivity contribution in [1.29, 1.82) is 0 Å². The predicted octanol–water partition coefficient (Wildman–Crippen LogP) is 3.35. The van der Waals surface area contributed by atoms with E-state index in [1.807, 2.05) is 18.2 Å². The van der Waals surface area contributed by atoms with Crippen molar-refractivity contribution < 1.29 is 19.0 Å². The molecule has 2 unspecified atom stereocenters. The van der Waals surface area contributed by atoms with Gasteiger partial charge >= 0.3 is 0 Å². The maximum atomic E-state index is 13.1. The summed E-state index contributed by atoms with van der Waals surface area (Å²) in [4.78, 5) is 15.4. The van der Waals surface area contributed by atoms with Gasteiger partial charge in [-0.2, -0.15) is 0 Å². The van der Waals surface area contributed by atoms with Crippen LogP contribution in [-0.4, -0.2) is 51.0 Å². The van der Waals surface area contributed by atoms with Crippen molar-refractivity contribution >= 4 is 5.91 Å². The summed E-state index contributed by atoms with van der Waals surface area (Å²) in [5.74, 6) is 1.90. The number of nitrogens with zero attached hydrogens (tertiary/aromatic N) is 1. The molecule has 0 aliphatic carbocycles. The molecule has 0 spiro atoms. The molecule has 2 aliphatic rings. The monoisotopic (exact) mass is 424 g/mol. The quantitative estimate of drug-likeness (QED) is 0.704. The number of hydrogen-bond donors (Lipinski definition) is 1. The number of fused-ring (bicyclic) bond motifs is 1. The molecule has 2 heterocycles. The number of carbonyl (C=O) groups is 1. The van der Waals surface area contributed by atoms with Crippen LogP contribution in [0.4, 0.5) is 0 Å². The SMILES string of the molecule is CCc1ccc(C2CC(C(=O)NCc3ccc4c(c3)OCO4)CN(CCOC)C2)cc1. The van der Waals surface area contributed by atoms with E-state index >= 15 is 0 Å². The van der Waals surface area contributed by atoms with Crippen LogP contribution in [0.3, 0.4) is 0 Å². The predicted molar refractivity (Wildman–Crippen MR) is 119 cm³/mol. The van der Waals surface area contributed by atoms with Crippen LogP contribution in [0.1, 0.15) is 36.0 Å². The summed E-state index contributed by atoms with van der Waals surface area (Å²) in [5.41, 5.74) is 3.66. The van der Waals surface area contributed by atoms with E-state index in [0.29, 0.717) is 19.1 Å². The lowest BCUT2D eigenvalue weighted by molar-refractivity contribution is -0.127. The summed E-state index contributed by atoms with van der Waals surface area (Å²) < 4.78 is 16.1. The second kappa shape index (κ2) is 10.2. The van der Waals surface area contributed by atoms with Gasteiger partial charge in [-0.1, -0.05) is 37.3 Å². The highest BCUT2D eigenvalue weighted by Gasteiger charge is 2.32. The largest absolute Gasteiger partial charge is 0.454 e. The maximum Gasteiger partial charge on any atom is 0.231 e. The molecule has 2 aromatic rings. The Kier molecular flexibility index (Phi) is 7.10. The molecular formula is C25H32N2O4. The van der Waals surface area contributed by atoms with Crippen LogP contribution < -0.4 is 14.8 Å². The lowest BCUT2D eigenvalue weighted by Gasteiger charge is -2.37. The smallest absolute Gasteiger partial charge is 0.231 e. The van der Waals surface area contributed by atoms with Gasteiger partial charge in [0.1, 0.15) is 0 Å². The summed E-state index contributed by atoms with van der Waals surface area (Å²) >= 11 is 0. The standard InChI is InChI=1S/C25H32N2O4/c1-3-18-4-7-20(8-5-18)21-13-22(16-27(15-21)10-11-29-2)25(28)26-14-19-6-9-23-24(12-19)31-17-30-23/h4-9,12,21-22H,3,10-11,13-17H2,1-2H3,(H,26,28). The molecule has 2 aromatic carbocycles. The summed E-state index contributed by atoms with van der Waals surface area (Å²) in [6, 6.07) is 14.7. The number of amides is 1. The zero-order valence-electron chi connectivity index (χ0n) is 18.4. The van der Waals surface area contributed by atoms with Gasteiger partial charge < -0.3 is 19.5 Å². The average molecular weight is 425 g/mol. The van der Waals surface area contributed by atoms with E-state index in [2.05, 4.69) is 41.4 Å². The third-order valence-corrected chi connectivity index (χ3v) is 6.27. The second-order valence-electron chi connectivity index (χ2n) is 8.38. The second-order valence-corrected chi connectivity index (χ2v) is 8.38. The number of benzene rings is 2. The molecule has 1 saturated heterocycles. The number of methoxy groups -OCH3 is 1. The Morgan fingerprint density at radius 2 is 1.87 bits per heavy atom. The first-order valence-corrected chi connectivity index (χ1v) is 11.1. The van der Waals surface area contributed by atoms with Gasteiger partial charge in [-0.3, -0.25) is 9.69 Å². The van der Waals surface area contributed by atoms with Crippen LogP contribution in [0.25, 0.3) is 0 Å². The minimum Gasteiger partial charge on any atom is -0.454 e. The molecule has 4 rings (SSSR count). The van der Waals surface area contributed by atoms with Gasteiger partial charge in [0.05, 0.1) is 12.5 Å². The summed E-state index contributed by atoms with van der Waals surface area (Å²) in [6.45, 7) is 6.15. The van der Waals surface area contributed by atoms with Crippen molar-refractivity contribution in [2.24, 2.45) is 5.92 Å². The lowest BCUT2D eigenvalue weighted by Crippen LogP contribution is -2.46. The highest BCUT2D eigenvalue weighted by molar-refractivity contribution is 5.79. The maximum absolute atomic E-state index is 13.1. The van der Waals surface area contributed by atoms with Gasteiger partial charge in [0.15, 0.2) is 11.5 Å². The molecule has 6 heteroatoms. The first-order chi connectivity index (χ1) is 15.2. The molecule has 0 radical (unpaired) electrons. The van der Waals surface area contributed by atoms with Crippen LogP contribution in [0.2, 0.25) is 0 Å². The number of likely N-dealkylation sites (tertiary alicyclic amines) is 1. The summed E-state index contributed by atoms with van der Waals surface area (Å²) in [6.07, 6.45) is 1.90. The van der Waals surface area contributed by atoms with Gasteiger partial charge in [0.25, 0.3) is 0 Å². The van der Waals surface area contributed by atoms with Crippen molar-refractivity contribution in [3.63, 3.8) is 0 Å². The number of ether oxygens (including phenoxy) is 3. The van der Waals surface area contributed by atoms with Crippen LogP contribution in [0.5, 0.6) is 11.5 Å². The molecule has 1 fully saturated rings. The number of carbonyl (C=O) groups excluding carboxylic acids is 1. The van der Waals surface area contributed by atoms with Gasteiger partial charge in [-0.25, -0.2) is 0 Å². The molecule has 0 aromatic heterocycles. The van der Waals surface area contributed by atoms with Crippen molar-refractivity contribution in [2.75, 3.05) is 40.1 Å². The van der Waals surface area contributed by atoms with Crippen LogP contribution in [0.15, 0.2) is 42.5 Å². The molecule has 1 amide bonds. The topological polar surface area (TPSA) is 60.0 Å². The van der Waals surface area contributed by atoms with E-state index in [1.54, 1.807) is 7.11 Å². The van der Waals surface area contributed by atoms with Crippen molar-refractivity contribution in [3.05, 3.63) is 59.2 Å². The van der Waals surface area contributed by atoms with E-state index in [9.17, 15) is 4.79 Å². The van der Waals surface area contributed by atoms with E-state index in [0.717, 1.165) is 49.5 Å². The normalized spacial score (nSPS) is 20.6. The zero-order valence-corrected chi connectivity index (χ0v) is 18.4. The Balaban J connectivity index is 1.41. The molecule has 2 aliphatic heterocycles. The fourth-order valence-electron chi connectivity index (χ4n) is 4.43. The van der Waals surface area contributed by atoms with Crippen molar-refractivity contribution in [3.8, 4) is 11.5 Å². The number of hydrogen-bond acceptors (Lipinski definition) is 5. The highest BCUT2D eigenvalue weighted by Crippen LogP contribution is 2.33. The van der Waals surface area contributed by atoms with Crippen molar-refractivity contribution in [2.45, 2.75) is 32.2 Å². The third kappa shape index (κ3) is 5.38. The van der Waals surface area contributed by atoms with E-state index in [4.69, 9.17) is 14.2 Å². The molecule has 6 nitrogen and oxygen atoms in total. The summed E-state index contributed by atoms with van der Waals surface area (Å²) in [7, 11) is 1.72. The first kappa shape index (κ1) is 21.7. The van der Waals surface area contributed by atoms with Gasteiger partial charge in [0.2, 0.25) is 12.7 Å². The van der Waals surface area contributed by atoms with Crippen LogP contribution in [0, 0.1) is 5.92 Å². The van der Waals surface area contributed by atoms with Gasteiger partial charge in [0, 0.05) is 33.3 Å². The Labute approximate surface area is 184 Å². The lowest BCUT2D eigenvalue weighted by atomic mass is 9.83. The first-order valence-electron chi connectivity index (χ1n) is 11.1. The molecule has 2 atom stereocenters. The molecule has 166 valence electrons. The molecular weight excluding hydrogens is 392 g/mol. The van der Waals surface area contributed by atoms with E-state index in [-0.39, 0.29) is 18.6 Å². The Bertz CT molecular complexity index is 884. The highest BCUT2D eigenvalue weighted by atomic mass is 16.7. The number of nitrogens with one attached hydrogen (secondary N) is 1. The molecule has 0 bridgehead atoms. The number of aryl methyl sites for hydroxylation is 1. The molecule has 31 heavy (non-hydrogen) atoms. The van der Waals surface area contributed by atoms with E-state index < -0.39 is 0 Å². The molecule has 0 saturated carbocycles. The Morgan fingerprint density at radius 3 is 2.65 bits per heavy atom. The fraction of sp³-hybridized carbons (Fsp3) is 0.480. The van der Waals surface area contributed by atoms with Gasteiger partial charge in [-0.15, -0.1) is 0 Å². The minimum atomic E-state index is -0.0459. The van der Waals surface area contributed by atoms with Crippen LogP contribution in [-0.2, 0) is 22.5 Å². The number of rotatable bonds is 8. The Hall–Kier alpha value is -2.57. The average Bonchev–Trinajstić information content (AvgIpc) is 3.29. The zero-order chi connectivity index (χ0) is 21.6. The van der Waals surface area contributed by atoms with Crippen LogP contribution >= 0.6 is 0 Å². The van der Waals surface area contributed by atoms with Gasteiger partial charge in [-0.05, 0) is 47.6 Å². The third-order valence-electron chi connectivity index (χ3n) is 6.27. The number of piperidine rings is 1.